The second kappa shape index (κ2) is 9.66. The predicted octanol–water partition coefficient (Wildman–Crippen LogP) is 4.09. The molecule has 0 bridgehead atoms. The Balaban J connectivity index is 0.00000225. The molecule has 0 radical (unpaired) electrons. The zero-order valence-electron chi connectivity index (χ0n) is 16.8. The number of aryl methyl sites for hydroxylation is 1. The predicted molar refractivity (Wildman–Crippen MR) is 116 cm³/mol. The van der Waals surface area contributed by atoms with E-state index in [0.717, 1.165) is 49.4 Å². The second-order valence-corrected chi connectivity index (χ2v) is 7.90. The second-order valence-electron chi connectivity index (χ2n) is 7.90. The lowest BCUT2D eigenvalue weighted by atomic mass is 9.96. The number of amides is 1. The number of piperidine rings is 1. The van der Waals surface area contributed by atoms with Gasteiger partial charge in [-0.15, -0.1) is 12.4 Å². The number of benzene rings is 1. The van der Waals surface area contributed by atoms with Gasteiger partial charge < -0.3 is 19.5 Å². The van der Waals surface area contributed by atoms with Gasteiger partial charge in [-0.2, -0.15) is 0 Å². The van der Waals surface area contributed by atoms with E-state index in [1.807, 2.05) is 18.2 Å². The van der Waals surface area contributed by atoms with Crippen molar-refractivity contribution in [3.05, 3.63) is 29.8 Å². The van der Waals surface area contributed by atoms with Gasteiger partial charge in [0.15, 0.2) is 0 Å². The number of fused-ring (bicyclic) bond motifs is 3. The molecule has 1 aromatic heterocycles. The van der Waals surface area contributed by atoms with E-state index in [2.05, 4.69) is 27.8 Å². The average molecular weight is 406 g/mol. The smallest absolute Gasteiger partial charge is 0.257 e. The molecule has 4 rings (SSSR count). The molecule has 5 nitrogen and oxygen atoms in total. The van der Waals surface area contributed by atoms with Gasteiger partial charge in [-0.1, -0.05) is 31.5 Å². The highest BCUT2D eigenvalue weighted by molar-refractivity contribution is 6.09. The number of likely N-dealkylation sites (tertiary alicyclic amines) is 1. The summed E-state index contributed by atoms with van der Waals surface area (Å²) in [5.74, 6) is 1.34. The fourth-order valence-corrected chi connectivity index (χ4v) is 4.38. The lowest BCUT2D eigenvalue weighted by Crippen LogP contribution is -2.39. The number of ether oxygens (including phenoxy) is 1. The minimum Gasteiger partial charge on any atom is -0.478 e. The summed E-state index contributed by atoms with van der Waals surface area (Å²) in [6.07, 6.45) is 5.88. The van der Waals surface area contributed by atoms with Gasteiger partial charge in [0.05, 0.1) is 12.1 Å². The Morgan fingerprint density at radius 2 is 2.00 bits per heavy atom. The Morgan fingerprint density at radius 1 is 1.21 bits per heavy atom. The molecule has 0 spiro atoms. The highest BCUT2D eigenvalue weighted by Crippen LogP contribution is 2.34. The van der Waals surface area contributed by atoms with Gasteiger partial charge in [0.25, 0.3) is 5.91 Å². The van der Waals surface area contributed by atoms with Gasteiger partial charge in [-0.05, 0) is 57.3 Å². The van der Waals surface area contributed by atoms with E-state index >= 15 is 0 Å². The lowest BCUT2D eigenvalue weighted by Gasteiger charge is -2.31. The summed E-state index contributed by atoms with van der Waals surface area (Å²) >= 11 is 0. The molecule has 1 aromatic carbocycles. The summed E-state index contributed by atoms with van der Waals surface area (Å²) in [5.41, 5.74) is 1.81. The third kappa shape index (κ3) is 4.31. The fourth-order valence-electron chi connectivity index (χ4n) is 4.38. The van der Waals surface area contributed by atoms with Crippen LogP contribution in [0.4, 0.5) is 0 Å². The summed E-state index contributed by atoms with van der Waals surface area (Å²) < 4.78 is 8.05. The highest BCUT2D eigenvalue weighted by atomic mass is 35.5. The summed E-state index contributed by atoms with van der Waals surface area (Å²) in [5, 5.41) is 4.21. The molecule has 0 saturated carbocycles. The highest BCUT2D eigenvalue weighted by Gasteiger charge is 2.26. The largest absolute Gasteiger partial charge is 0.478 e. The Bertz CT molecular complexity index is 796. The van der Waals surface area contributed by atoms with Crippen molar-refractivity contribution in [2.75, 3.05) is 32.8 Å². The van der Waals surface area contributed by atoms with Crippen LogP contribution in [-0.4, -0.2) is 48.2 Å². The van der Waals surface area contributed by atoms with Gasteiger partial charge in [-0.25, -0.2) is 0 Å². The van der Waals surface area contributed by atoms with Gasteiger partial charge in [-0.3, -0.25) is 4.79 Å². The van der Waals surface area contributed by atoms with Crippen LogP contribution >= 0.6 is 12.4 Å². The van der Waals surface area contributed by atoms with Crippen molar-refractivity contribution in [3.8, 4) is 5.88 Å². The first-order chi connectivity index (χ1) is 13.3. The van der Waals surface area contributed by atoms with Crippen LogP contribution < -0.4 is 10.1 Å². The van der Waals surface area contributed by atoms with E-state index in [1.54, 1.807) is 0 Å². The molecule has 2 aromatic rings. The van der Waals surface area contributed by atoms with Crippen LogP contribution in [0.1, 0.15) is 49.4 Å². The van der Waals surface area contributed by atoms with Crippen LogP contribution in [0.15, 0.2) is 24.3 Å². The number of hydrogen-bond acceptors (Lipinski definition) is 3. The molecule has 3 heterocycles. The van der Waals surface area contributed by atoms with Crippen LogP contribution in [0, 0.1) is 5.92 Å². The molecule has 2 aliphatic rings. The maximum absolute atomic E-state index is 13.0. The molecular weight excluding hydrogens is 374 g/mol. The van der Waals surface area contributed by atoms with Crippen LogP contribution in [0.3, 0.4) is 0 Å². The fraction of sp³-hybridized carbons (Fsp3) is 0.591. The molecule has 0 atom stereocenters. The van der Waals surface area contributed by atoms with Gasteiger partial charge in [0.2, 0.25) is 5.88 Å². The SMILES string of the molecule is CCCCN1CCC(CNC(=O)c2c3n(c4ccccc24)CCCO3)CC1.Cl. The third-order valence-corrected chi connectivity index (χ3v) is 6.00. The topological polar surface area (TPSA) is 46.5 Å². The normalized spacial score (nSPS) is 17.6. The Labute approximate surface area is 173 Å². The maximum atomic E-state index is 13.0. The molecule has 154 valence electrons. The maximum Gasteiger partial charge on any atom is 0.257 e. The first kappa shape index (κ1) is 21.0. The number of carbonyl (C=O) groups excluding carboxylic acids is 1. The monoisotopic (exact) mass is 405 g/mol. The number of hydrogen-bond donors (Lipinski definition) is 1. The van der Waals surface area contributed by atoms with Gasteiger partial charge in [0, 0.05) is 18.5 Å². The molecule has 28 heavy (non-hydrogen) atoms. The number of rotatable bonds is 6. The van der Waals surface area contributed by atoms with E-state index < -0.39 is 0 Å². The van der Waals surface area contributed by atoms with E-state index in [9.17, 15) is 4.79 Å². The molecule has 1 saturated heterocycles. The van der Waals surface area contributed by atoms with E-state index in [0.29, 0.717) is 18.1 Å². The molecule has 1 N–H and O–H groups in total. The van der Waals surface area contributed by atoms with E-state index in [4.69, 9.17) is 4.74 Å². The van der Waals surface area contributed by atoms with Crippen LogP contribution in [0.25, 0.3) is 10.9 Å². The van der Waals surface area contributed by atoms with Crippen molar-refractivity contribution < 1.29 is 9.53 Å². The summed E-state index contributed by atoms with van der Waals surface area (Å²) in [6, 6.07) is 8.14. The standard InChI is InChI=1S/C22H31N3O2.ClH/c1-2-3-11-24-13-9-17(10-14-24)16-23-21(26)20-18-7-4-5-8-19(18)25-12-6-15-27-22(20)25;/h4-5,7-8,17H,2-3,6,9-16H2,1H3,(H,23,26);1H. The molecule has 1 fully saturated rings. The van der Waals surface area contributed by atoms with Crippen molar-refractivity contribution in [2.24, 2.45) is 5.92 Å². The van der Waals surface area contributed by atoms with Crippen molar-refractivity contribution >= 4 is 29.2 Å². The zero-order chi connectivity index (χ0) is 18.6. The van der Waals surface area contributed by atoms with Crippen molar-refractivity contribution in [3.63, 3.8) is 0 Å². The molecule has 1 amide bonds. The Kier molecular flexibility index (Phi) is 7.24. The minimum atomic E-state index is 0. The molecule has 0 unspecified atom stereocenters. The first-order valence-electron chi connectivity index (χ1n) is 10.5. The number of unbranched alkanes of at least 4 members (excludes halogenated alkanes) is 1. The first-order valence-corrected chi connectivity index (χ1v) is 10.5. The quantitative estimate of drug-likeness (QED) is 0.787. The number of carbonyl (C=O) groups is 1. The molecule has 2 aliphatic heterocycles. The van der Waals surface area contributed by atoms with E-state index in [1.165, 1.54) is 32.2 Å². The number of aromatic nitrogens is 1. The third-order valence-electron chi connectivity index (χ3n) is 6.00. The van der Waals surface area contributed by atoms with Gasteiger partial charge in [0.1, 0.15) is 5.56 Å². The Morgan fingerprint density at radius 3 is 2.79 bits per heavy atom. The molecular formula is C22H32ClN3O2. The van der Waals surface area contributed by atoms with Crippen molar-refractivity contribution in [2.45, 2.75) is 45.6 Å². The number of nitrogens with zero attached hydrogens (tertiary/aromatic N) is 2. The Hall–Kier alpha value is -1.72. The van der Waals surface area contributed by atoms with Crippen molar-refractivity contribution in [1.29, 1.82) is 0 Å². The summed E-state index contributed by atoms with van der Waals surface area (Å²) in [6.45, 7) is 8.15. The van der Waals surface area contributed by atoms with Crippen LogP contribution in [0.2, 0.25) is 0 Å². The summed E-state index contributed by atoms with van der Waals surface area (Å²) in [4.78, 5) is 15.6. The molecule has 0 aliphatic carbocycles. The summed E-state index contributed by atoms with van der Waals surface area (Å²) in [7, 11) is 0. The van der Waals surface area contributed by atoms with Crippen molar-refractivity contribution in [1.82, 2.24) is 14.8 Å². The number of halogens is 1. The van der Waals surface area contributed by atoms with Crippen LogP contribution in [0.5, 0.6) is 5.88 Å². The average Bonchev–Trinajstić information content (AvgIpc) is 3.06. The van der Waals surface area contributed by atoms with E-state index in [-0.39, 0.29) is 18.3 Å². The number of para-hydroxylation sites is 1. The zero-order valence-corrected chi connectivity index (χ0v) is 17.6. The lowest BCUT2D eigenvalue weighted by molar-refractivity contribution is 0.0931. The number of nitrogens with one attached hydrogen (secondary N) is 1. The van der Waals surface area contributed by atoms with Crippen LogP contribution in [-0.2, 0) is 6.54 Å². The minimum absolute atomic E-state index is 0. The van der Waals surface area contributed by atoms with Gasteiger partial charge >= 0.3 is 0 Å². The molecule has 6 heteroatoms.